The van der Waals surface area contributed by atoms with Crippen molar-refractivity contribution in [2.45, 2.75) is 6.04 Å². The lowest BCUT2D eigenvalue weighted by atomic mass is 10.0. The molecule has 0 radical (unpaired) electrons. The summed E-state index contributed by atoms with van der Waals surface area (Å²) in [5.74, 6) is 1.18. The first-order valence-corrected chi connectivity index (χ1v) is 11.5. The Bertz CT molecular complexity index is 1250. The molecule has 33 heavy (non-hydrogen) atoms. The van der Waals surface area contributed by atoms with E-state index < -0.39 is 0 Å². The van der Waals surface area contributed by atoms with Gasteiger partial charge in [0.15, 0.2) is 17.5 Å². The van der Waals surface area contributed by atoms with Gasteiger partial charge in [-0.25, -0.2) is 9.37 Å². The second-order valence-electron chi connectivity index (χ2n) is 7.91. The summed E-state index contributed by atoms with van der Waals surface area (Å²) in [6.07, 6.45) is 1.44. The zero-order valence-electron chi connectivity index (χ0n) is 18.4. The van der Waals surface area contributed by atoms with Crippen LogP contribution in [0.5, 0.6) is 17.4 Å². The molecule has 172 valence electrons. The van der Waals surface area contributed by atoms with E-state index in [-0.39, 0.29) is 17.7 Å². The summed E-state index contributed by atoms with van der Waals surface area (Å²) < 4.78 is 25.8. The third-order valence-electron chi connectivity index (χ3n) is 6.15. The Labute approximate surface area is 194 Å². The van der Waals surface area contributed by atoms with E-state index in [1.54, 1.807) is 14.2 Å². The standard InChI is InChI=1S/C23H24FN5O3S/c1-31-18-8-3-15(13-19(18)32-2)20(21-22(30)29-23(33-21)25-14-26-29)28-11-9-27(10-12-28)17-6-4-16(24)5-7-17/h3-8,13-14,20,30H,9-12H2,1-2H3/p+1/t20-/m0/s1. The van der Waals surface area contributed by atoms with E-state index >= 15 is 0 Å². The number of hydrogen-bond donors (Lipinski definition) is 2. The number of aromatic hydroxyl groups is 1. The second kappa shape index (κ2) is 8.87. The monoisotopic (exact) mass is 470 g/mol. The van der Waals surface area contributed by atoms with Crippen LogP contribution in [0.25, 0.3) is 4.96 Å². The molecule has 8 nitrogen and oxygen atoms in total. The Kier molecular flexibility index (Phi) is 5.77. The van der Waals surface area contributed by atoms with Crippen molar-refractivity contribution in [2.24, 2.45) is 0 Å². The second-order valence-corrected chi connectivity index (χ2v) is 8.92. The number of methoxy groups -OCH3 is 2. The molecular weight excluding hydrogens is 445 g/mol. The summed E-state index contributed by atoms with van der Waals surface area (Å²) in [5.41, 5.74) is 2.03. The molecule has 0 saturated carbocycles. The van der Waals surface area contributed by atoms with Crippen molar-refractivity contribution in [3.8, 4) is 17.4 Å². The minimum Gasteiger partial charge on any atom is -0.493 e. The maximum atomic E-state index is 13.3. The first-order chi connectivity index (χ1) is 16.1. The molecule has 0 unspecified atom stereocenters. The molecule has 0 bridgehead atoms. The SMILES string of the molecule is COc1ccc([C@@H](c2sc3ncnn3c2O)[NH+]2CCN(c3ccc(F)cc3)CC2)cc1OC. The van der Waals surface area contributed by atoms with Crippen molar-refractivity contribution in [1.29, 1.82) is 0 Å². The van der Waals surface area contributed by atoms with Crippen LogP contribution in [0.3, 0.4) is 0 Å². The maximum Gasteiger partial charge on any atom is 0.235 e. The first-order valence-electron chi connectivity index (χ1n) is 10.7. The van der Waals surface area contributed by atoms with Crippen molar-refractivity contribution < 1.29 is 23.9 Å². The number of benzene rings is 2. The van der Waals surface area contributed by atoms with Crippen molar-refractivity contribution in [3.05, 3.63) is 65.0 Å². The van der Waals surface area contributed by atoms with E-state index in [2.05, 4.69) is 15.0 Å². The third-order valence-corrected chi connectivity index (χ3v) is 7.25. The van der Waals surface area contributed by atoms with Gasteiger partial charge in [0.25, 0.3) is 0 Å². The minimum absolute atomic E-state index is 0.112. The Morgan fingerprint density at radius 1 is 1.06 bits per heavy atom. The van der Waals surface area contributed by atoms with Gasteiger partial charge in [-0.3, -0.25) is 0 Å². The predicted octanol–water partition coefficient (Wildman–Crippen LogP) is 2.15. The average molecular weight is 471 g/mol. The van der Waals surface area contributed by atoms with Crippen LogP contribution in [0.15, 0.2) is 48.8 Å². The third kappa shape index (κ3) is 3.96. The minimum atomic E-state index is -0.233. The predicted molar refractivity (Wildman–Crippen MR) is 123 cm³/mol. The van der Waals surface area contributed by atoms with E-state index in [1.807, 2.05) is 30.3 Å². The highest BCUT2D eigenvalue weighted by Gasteiger charge is 2.35. The Morgan fingerprint density at radius 2 is 1.79 bits per heavy atom. The summed E-state index contributed by atoms with van der Waals surface area (Å²) in [4.78, 5) is 9.28. The van der Waals surface area contributed by atoms with E-state index in [0.717, 1.165) is 42.3 Å². The molecule has 1 aliphatic rings. The average Bonchev–Trinajstić information content (AvgIpc) is 3.43. The van der Waals surface area contributed by atoms with Crippen LogP contribution in [-0.2, 0) is 0 Å². The molecule has 2 aromatic carbocycles. The summed E-state index contributed by atoms with van der Waals surface area (Å²) in [6, 6.07) is 12.4. The maximum absolute atomic E-state index is 13.3. The topological polar surface area (TPSA) is 76.6 Å². The molecule has 4 aromatic rings. The zero-order chi connectivity index (χ0) is 22.9. The lowest BCUT2D eigenvalue weighted by Crippen LogP contribution is -3.15. The van der Waals surface area contributed by atoms with Gasteiger partial charge in [0.2, 0.25) is 10.8 Å². The molecule has 10 heteroatoms. The number of halogens is 1. The van der Waals surface area contributed by atoms with Crippen LogP contribution in [0.2, 0.25) is 0 Å². The number of ether oxygens (including phenoxy) is 2. The van der Waals surface area contributed by atoms with Crippen LogP contribution in [0.1, 0.15) is 16.5 Å². The lowest BCUT2D eigenvalue weighted by Gasteiger charge is -2.37. The van der Waals surface area contributed by atoms with Gasteiger partial charge in [0.05, 0.1) is 40.4 Å². The van der Waals surface area contributed by atoms with Gasteiger partial charge in [-0.2, -0.15) is 9.61 Å². The molecular formula is C23H25FN5O3S+. The number of nitrogens with zero attached hydrogens (tertiary/aromatic N) is 4. The summed E-state index contributed by atoms with van der Waals surface area (Å²) in [7, 11) is 3.23. The first kappa shape index (κ1) is 21.5. The summed E-state index contributed by atoms with van der Waals surface area (Å²) in [6.45, 7) is 3.30. The number of quaternary nitrogens is 1. The molecule has 1 aliphatic heterocycles. The number of piperazine rings is 1. The molecule has 1 atom stereocenters. The van der Waals surface area contributed by atoms with Crippen molar-refractivity contribution >= 4 is 22.0 Å². The quantitative estimate of drug-likeness (QED) is 0.450. The van der Waals surface area contributed by atoms with Gasteiger partial charge < -0.3 is 24.4 Å². The van der Waals surface area contributed by atoms with Crippen molar-refractivity contribution in [1.82, 2.24) is 14.6 Å². The number of fused-ring (bicyclic) bond motifs is 1. The Morgan fingerprint density at radius 3 is 2.45 bits per heavy atom. The zero-order valence-corrected chi connectivity index (χ0v) is 19.2. The molecule has 0 amide bonds. The van der Waals surface area contributed by atoms with Crippen molar-refractivity contribution in [2.75, 3.05) is 45.3 Å². The normalized spacial score (nSPS) is 15.7. The number of nitrogens with one attached hydrogen (secondary N) is 1. The van der Waals surface area contributed by atoms with Gasteiger partial charge in [-0.05, 0) is 42.5 Å². The largest absolute Gasteiger partial charge is 0.493 e. The lowest BCUT2D eigenvalue weighted by molar-refractivity contribution is -0.925. The van der Waals surface area contributed by atoms with Crippen LogP contribution in [0, 0.1) is 5.82 Å². The fourth-order valence-corrected chi connectivity index (χ4v) is 5.59. The molecule has 1 saturated heterocycles. The molecule has 0 spiro atoms. The number of aromatic nitrogens is 3. The molecule has 2 N–H and O–H groups in total. The van der Waals surface area contributed by atoms with Gasteiger partial charge in [-0.15, -0.1) is 0 Å². The van der Waals surface area contributed by atoms with Gasteiger partial charge >= 0.3 is 0 Å². The molecule has 3 heterocycles. The van der Waals surface area contributed by atoms with Crippen LogP contribution in [0.4, 0.5) is 10.1 Å². The number of thiazole rings is 1. The highest BCUT2D eigenvalue weighted by atomic mass is 32.1. The smallest absolute Gasteiger partial charge is 0.235 e. The highest BCUT2D eigenvalue weighted by molar-refractivity contribution is 7.17. The summed E-state index contributed by atoms with van der Waals surface area (Å²) >= 11 is 1.44. The van der Waals surface area contributed by atoms with E-state index in [4.69, 9.17) is 9.47 Å². The summed E-state index contributed by atoms with van der Waals surface area (Å²) in [5, 5.41) is 15.1. The van der Waals surface area contributed by atoms with Gasteiger partial charge in [0.1, 0.15) is 17.0 Å². The van der Waals surface area contributed by atoms with E-state index in [0.29, 0.717) is 16.5 Å². The fraction of sp³-hybridized carbons (Fsp3) is 0.304. The molecule has 5 rings (SSSR count). The molecule has 0 aliphatic carbocycles. The fourth-order valence-electron chi connectivity index (χ4n) is 4.48. The number of rotatable bonds is 6. The van der Waals surface area contributed by atoms with Crippen LogP contribution in [-0.4, -0.2) is 60.1 Å². The highest BCUT2D eigenvalue weighted by Crippen LogP contribution is 2.37. The van der Waals surface area contributed by atoms with Gasteiger partial charge in [-0.1, -0.05) is 11.3 Å². The van der Waals surface area contributed by atoms with E-state index in [1.165, 1.54) is 39.2 Å². The van der Waals surface area contributed by atoms with E-state index in [9.17, 15) is 9.50 Å². The van der Waals surface area contributed by atoms with Crippen molar-refractivity contribution in [3.63, 3.8) is 0 Å². The van der Waals surface area contributed by atoms with Crippen LogP contribution < -0.4 is 19.3 Å². The molecule has 1 fully saturated rings. The Hall–Kier alpha value is -3.37. The van der Waals surface area contributed by atoms with Gasteiger partial charge in [0, 0.05) is 11.3 Å². The Balaban J connectivity index is 1.49. The number of hydrogen-bond acceptors (Lipinski definition) is 7. The number of anilines is 1. The molecule has 2 aromatic heterocycles. The van der Waals surface area contributed by atoms with Crippen LogP contribution >= 0.6 is 11.3 Å².